The van der Waals surface area contributed by atoms with Gasteiger partial charge >= 0.3 is 0 Å². The number of benzene rings is 1. The molecule has 0 fully saturated rings. The van der Waals surface area contributed by atoms with E-state index in [1.807, 2.05) is 0 Å². The van der Waals surface area contributed by atoms with Crippen LogP contribution < -0.4 is 10.5 Å². The number of nitrogens with two attached hydrogens (primary N) is 1. The summed E-state index contributed by atoms with van der Waals surface area (Å²) in [6, 6.07) is 6.51. The predicted molar refractivity (Wildman–Crippen MR) is 55.1 cm³/mol. The Morgan fingerprint density at radius 3 is 2.81 bits per heavy atom. The second kappa shape index (κ2) is 3.74. The summed E-state index contributed by atoms with van der Waals surface area (Å²) in [7, 11) is 0. The summed E-state index contributed by atoms with van der Waals surface area (Å²) in [6.07, 6.45) is 0. The monoisotopic (exact) mass is 219 g/mol. The van der Waals surface area contributed by atoms with Gasteiger partial charge in [-0.25, -0.2) is 4.98 Å². The fourth-order valence-corrected chi connectivity index (χ4v) is 1.49. The van der Waals surface area contributed by atoms with Gasteiger partial charge in [-0.3, -0.25) is 4.79 Å². The summed E-state index contributed by atoms with van der Waals surface area (Å²) in [6.45, 7) is -0.584. The lowest BCUT2D eigenvalue weighted by Crippen LogP contribution is -2.37. The highest BCUT2D eigenvalue weighted by Crippen LogP contribution is 2.10. The summed E-state index contributed by atoms with van der Waals surface area (Å²) in [5, 5.41) is 20.8. The van der Waals surface area contributed by atoms with Gasteiger partial charge in [0.1, 0.15) is 12.1 Å². The average molecular weight is 219 g/mol. The molecule has 2 rings (SSSR count). The summed E-state index contributed by atoms with van der Waals surface area (Å²) in [5.74, 6) is -0.834. The van der Waals surface area contributed by atoms with E-state index < -0.39 is 12.5 Å². The van der Waals surface area contributed by atoms with Crippen LogP contribution in [0.4, 0.5) is 0 Å². The third-order valence-corrected chi connectivity index (χ3v) is 2.23. The quantitative estimate of drug-likeness (QED) is 0.522. The number of carbonyl (C=O) groups is 1. The number of aliphatic hydroxyl groups excluding tert-OH is 1. The van der Waals surface area contributed by atoms with Gasteiger partial charge in [-0.2, -0.15) is 4.73 Å². The van der Waals surface area contributed by atoms with Gasteiger partial charge in [-0.05, 0) is 6.07 Å². The smallest absolute Gasteiger partial charge is 0.274 e. The molecule has 0 aliphatic heterocycles. The number of nitrogens with zero attached hydrogens (tertiary/aromatic N) is 2. The summed E-state index contributed by atoms with van der Waals surface area (Å²) in [4.78, 5) is 15.0. The van der Waals surface area contributed by atoms with E-state index in [-0.39, 0.29) is 16.9 Å². The normalized spacial score (nSPS) is 10.6. The number of carbonyl (C=O) groups excluding carboxylic acids is 1. The van der Waals surface area contributed by atoms with E-state index in [2.05, 4.69) is 4.98 Å². The highest BCUT2D eigenvalue weighted by atomic mass is 16.5. The lowest BCUT2D eigenvalue weighted by Gasteiger charge is -2.07. The number of hydrogen-bond acceptors (Lipinski definition) is 4. The molecular formula is C10H9N3O3. The van der Waals surface area contributed by atoms with E-state index in [0.29, 0.717) is 10.2 Å². The van der Waals surface area contributed by atoms with Gasteiger partial charge in [0.2, 0.25) is 11.2 Å². The van der Waals surface area contributed by atoms with Gasteiger partial charge in [0.25, 0.3) is 5.91 Å². The molecule has 0 unspecified atom stereocenters. The third kappa shape index (κ3) is 1.45. The molecule has 82 valence electrons. The number of primary amides is 1. The largest absolute Gasteiger partial charge is 0.618 e. The number of aromatic nitrogens is 2. The fourth-order valence-electron chi connectivity index (χ4n) is 1.49. The second-order valence-corrected chi connectivity index (χ2v) is 3.21. The topological polar surface area (TPSA) is 103 Å². The zero-order valence-electron chi connectivity index (χ0n) is 8.25. The Balaban J connectivity index is 2.87. The minimum Gasteiger partial charge on any atom is -0.618 e. The van der Waals surface area contributed by atoms with Crippen molar-refractivity contribution in [2.75, 3.05) is 0 Å². The van der Waals surface area contributed by atoms with Crippen LogP contribution in [0.15, 0.2) is 24.3 Å². The molecule has 0 saturated heterocycles. The van der Waals surface area contributed by atoms with E-state index >= 15 is 0 Å². The molecule has 0 bridgehead atoms. The zero-order chi connectivity index (χ0) is 11.7. The van der Waals surface area contributed by atoms with Crippen LogP contribution >= 0.6 is 0 Å². The molecule has 3 N–H and O–H groups in total. The van der Waals surface area contributed by atoms with Gasteiger partial charge in [-0.1, -0.05) is 12.1 Å². The minimum atomic E-state index is -0.834. The molecule has 6 nitrogen and oxygen atoms in total. The van der Waals surface area contributed by atoms with Gasteiger partial charge in [0, 0.05) is 6.07 Å². The molecule has 0 spiro atoms. The molecule has 16 heavy (non-hydrogen) atoms. The van der Waals surface area contributed by atoms with Crippen LogP contribution in [0.5, 0.6) is 0 Å². The molecule has 0 saturated carbocycles. The van der Waals surface area contributed by atoms with Gasteiger partial charge < -0.3 is 16.0 Å². The number of amides is 1. The van der Waals surface area contributed by atoms with Crippen molar-refractivity contribution in [2.24, 2.45) is 5.73 Å². The van der Waals surface area contributed by atoms with Crippen molar-refractivity contribution in [3.63, 3.8) is 0 Å². The van der Waals surface area contributed by atoms with Crippen molar-refractivity contribution in [3.05, 3.63) is 40.9 Å². The standard InChI is InChI=1S/C10H9N3O3/c11-10(15)9-8(5-14)13(16)7-4-2-1-3-6(7)12-9/h1-4,14H,5H2,(H2,11,15). The predicted octanol–water partition coefficient (Wildman–Crippen LogP) is -0.541. The molecule has 0 radical (unpaired) electrons. The van der Waals surface area contributed by atoms with E-state index in [1.54, 1.807) is 24.3 Å². The zero-order valence-corrected chi connectivity index (χ0v) is 8.25. The van der Waals surface area contributed by atoms with Gasteiger partial charge in [0.05, 0.1) is 0 Å². The number of hydrogen-bond donors (Lipinski definition) is 2. The van der Waals surface area contributed by atoms with Gasteiger partial charge in [-0.15, -0.1) is 0 Å². The van der Waals surface area contributed by atoms with Crippen molar-refractivity contribution in [1.82, 2.24) is 4.98 Å². The van der Waals surface area contributed by atoms with Crippen LogP contribution in [0.25, 0.3) is 11.0 Å². The van der Waals surface area contributed by atoms with Crippen LogP contribution in [-0.4, -0.2) is 16.0 Å². The molecule has 6 heteroatoms. The Morgan fingerprint density at radius 1 is 1.50 bits per heavy atom. The first kappa shape index (κ1) is 10.3. The van der Waals surface area contributed by atoms with Crippen LogP contribution in [-0.2, 0) is 6.61 Å². The maximum atomic E-state index is 11.8. The number of rotatable bonds is 2. The Hall–Kier alpha value is -2.21. The molecule has 1 amide bonds. The Bertz CT molecular complexity index is 568. The molecule has 0 aliphatic carbocycles. The highest BCUT2D eigenvalue weighted by molar-refractivity contribution is 5.93. The number of fused-ring (bicyclic) bond motifs is 1. The van der Waals surface area contributed by atoms with E-state index in [9.17, 15) is 10.0 Å². The average Bonchev–Trinajstić information content (AvgIpc) is 2.29. The van der Waals surface area contributed by atoms with Crippen LogP contribution in [0.2, 0.25) is 0 Å². The number of para-hydroxylation sites is 2. The second-order valence-electron chi connectivity index (χ2n) is 3.21. The van der Waals surface area contributed by atoms with Gasteiger partial charge in [0.15, 0.2) is 5.69 Å². The lowest BCUT2D eigenvalue weighted by molar-refractivity contribution is -0.589. The van der Waals surface area contributed by atoms with E-state index in [4.69, 9.17) is 10.8 Å². The van der Waals surface area contributed by atoms with E-state index in [1.165, 1.54) is 0 Å². The Morgan fingerprint density at radius 2 is 2.19 bits per heavy atom. The molecule has 0 aliphatic rings. The van der Waals surface area contributed by atoms with Crippen LogP contribution in [0.3, 0.4) is 0 Å². The molecule has 1 aromatic carbocycles. The van der Waals surface area contributed by atoms with Crippen molar-refractivity contribution >= 4 is 16.9 Å². The first-order chi connectivity index (χ1) is 7.65. The first-order valence-electron chi connectivity index (χ1n) is 4.57. The van der Waals surface area contributed by atoms with Crippen molar-refractivity contribution in [3.8, 4) is 0 Å². The Labute approximate surface area is 90.5 Å². The molecular weight excluding hydrogens is 210 g/mol. The molecule has 1 heterocycles. The maximum Gasteiger partial charge on any atom is 0.274 e. The summed E-state index contributed by atoms with van der Waals surface area (Å²) >= 11 is 0. The van der Waals surface area contributed by atoms with Crippen molar-refractivity contribution < 1.29 is 14.6 Å². The summed E-state index contributed by atoms with van der Waals surface area (Å²) in [5.41, 5.74) is 5.41. The number of aliphatic hydroxyl groups is 1. The third-order valence-electron chi connectivity index (χ3n) is 2.23. The molecule has 2 aromatic rings. The highest BCUT2D eigenvalue weighted by Gasteiger charge is 2.21. The molecule has 1 aromatic heterocycles. The lowest BCUT2D eigenvalue weighted by atomic mass is 10.2. The molecule has 0 atom stereocenters. The summed E-state index contributed by atoms with van der Waals surface area (Å²) < 4.78 is 0.475. The van der Waals surface area contributed by atoms with Crippen molar-refractivity contribution in [1.29, 1.82) is 0 Å². The van der Waals surface area contributed by atoms with E-state index in [0.717, 1.165) is 0 Å². The first-order valence-corrected chi connectivity index (χ1v) is 4.57. The van der Waals surface area contributed by atoms with Crippen molar-refractivity contribution in [2.45, 2.75) is 6.61 Å². The minimum absolute atomic E-state index is 0.133. The van der Waals surface area contributed by atoms with Crippen LogP contribution in [0, 0.1) is 5.21 Å². The Kier molecular flexibility index (Phi) is 2.41. The maximum absolute atomic E-state index is 11.8. The SMILES string of the molecule is NC(=O)c1nc2ccccc2[n+]([O-])c1CO. The van der Waals surface area contributed by atoms with Crippen LogP contribution in [0.1, 0.15) is 16.2 Å². The fraction of sp³-hybridized carbons (Fsp3) is 0.100.